The van der Waals surface area contributed by atoms with Gasteiger partial charge in [0.25, 0.3) is 0 Å². The normalized spacial score (nSPS) is 21.9. The number of benzene rings is 1. The molecule has 0 spiro atoms. The van der Waals surface area contributed by atoms with Gasteiger partial charge in [-0.1, -0.05) is 23.7 Å². The van der Waals surface area contributed by atoms with Crippen molar-refractivity contribution < 1.29 is 14.3 Å². The number of ether oxygens (including phenoxy) is 1. The lowest BCUT2D eigenvalue weighted by molar-refractivity contribution is -0.152. The average Bonchev–Trinajstić information content (AvgIpc) is 2.68. The quantitative estimate of drug-likeness (QED) is 0.721. The van der Waals surface area contributed by atoms with Crippen LogP contribution in [0.1, 0.15) is 38.2 Å². The van der Waals surface area contributed by atoms with Crippen molar-refractivity contribution in [3.05, 3.63) is 34.9 Å². The molecule has 1 atom stereocenters. The molecular weight excluding hydrogens is 364 g/mol. The summed E-state index contributed by atoms with van der Waals surface area (Å²) in [5.41, 5.74) is 1.19. The lowest BCUT2D eigenvalue weighted by Crippen LogP contribution is -2.47. The van der Waals surface area contributed by atoms with E-state index in [9.17, 15) is 9.59 Å². The molecule has 0 aliphatic carbocycles. The van der Waals surface area contributed by atoms with Crippen molar-refractivity contribution in [1.82, 2.24) is 9.80 Å². The Balaban J connectivity index is 1.51. The van der Waals surface area contributed by atoms with Gasteiger partial charge in [-0.2, -0.15) is 0 Å². The van der Waals surface area contributed by atoms with E-state index in [0.29, 0.717) is 32.5 Å². The summed E-state index contributed by atoms with van der Waals surface area (Å²) in [6.07, 6.45) is 3.41. The van der Waals surface area contributed by atoms with Crippen molar-refractivity contribution in [2.75, 3.05) is 32.8 Å². The first kappa shape index (κ1) is 20.2. The van der Waals surface area contributed by atoms with E-state index in [4.69, 9.17) is 16.3 Å². The Hall–Kier alpha value is -1.59. The van der Waals surface area contributed by atoms with Crippen LogP contribution in [0.2, 0.25) is 5.02 Å². The van der Waals surface area contributed by atoms with Crippen LogP contribution >= 0.6 is 11.6 Å². The molecule has 1 aromatic rings. The van der Waals surface area contributed by atoms with Gasteiger partial charge in [-0.3, -0.25) is 14.5 Å². The van der Waals surface area contributed by atoms with Gasteiger partial charge in [0.1, 0.15) is 0 Å². The molecule has 5 nitrogen and oxygen atoms in total. The number of carbonyl (C=O) groups is 2. The van der Waals surface area contributed by atoms with E-state index in [0.717, 1.165) is 37.5 Å². The minimum absolute atomic E-state index is 0.0528. The molecule has 2 aliphatic heterocycles. The van der Waals surface area contributed by atoms with Gasteiger partial charge in [0.2, 0.25) is 5.91 Å². The minimum Gasteiger partial charge on any atom is -0.466 e. The zero-order valence-corrected chi connectivity index (χ0v) is 16.8. The Morgan fingerprint density at radius 2 is 1.93 bits per heavy atom. The maximum absolute atomic E-state index is 13.0. The Labute approximate surface area is 166 Å². The first-order valence-electron chi connectivity index (χ1n) is 9.99. The van der Waals surface area contributed by atoms with Crippen LogP contribution < -0.4 is 0 Å². The molecule has 3 rings (SSSR count). The standard InChI is InChI=1S/C21H29ClN2O3/c1-2-27-21(26)17-8-11-24(12-9-17)20(25)18-6-4-10-23(15-18)14-16-5-3-7-19(22)13-16/h3,5,7,13,17-18H,2,4,6,8-12,14-15H2,1H3. The lowest BCUT2D eigenvalue weighted by Gasteiger charge is -2.37. The van der Waals surface area contributed by atoms with Crippen molar-refractivity contribution in [3.8, 4) is 0 Å². The highest BCUT2D eigenvalue weighted by atomic mass is 35.5. The molecular formula is C21H29ClN2O3. The van der Waals surface area contributed by atoms with Crippen LogP contribution in [0.3, 0.4) is 0 Å². The fourth-order valence-corrected chi connectivity index (χ4v) is 4.36. The lowest BCUT2D eigenvalue weighted by atomic mass is 9.92. The van der Waals surface area contributed by atoms with Crippen LogP contribution in [0.15, 0.2) is 24.3 Å². The summed E-state index contributed by atoms with van der Waals surface area (Å²) in [5.74, 6) is 0.125. The summed E-state index contributed by atoms with van der Waals surface area (Å²) in [5, 5.41) is 0.751. The van der Waals surface area contributed by atoms with Gasteiger partial charge in [0, 0.05) is 31.2 Å². The van der Waals surface area contributed by atoms with Crippen molar-refractivity contribution in [2.24, 2.45) is 11.8 Å². The number of rotatable bonds is 5. The Morgan fingerprint density at radius 3 is 2.63 bits per heavy atom. The Morgan fingerprint density at radius 1 is 1.15 bits per heavy atom. The molecule has 2 saturated heterocycles. The smallest absolute Gasteiger partial charge is 0.309 e. The highest BCUT2D eigenvalue weighted by molar-refractivity contribution is 6.30. The average molecular weight is 393 g/mol. The van der Waals surface area contributed by atoms with Crippen molar-refractivity contribution >= 4 is 23.5 Å². The molecule has 1 aromatic carbocycles. The molecule has 0 radical (unpaired) electrons. The Kier molecular flexibility index (Phi) is 7.13. The summed E-state index contributed by atoms with van der Waals surface area (Å²) in [4.78, 5) is 29.1. The first-order chi connectivity index (χ1) is 13.1. The Bertz CT molecular complexity index is 659. The molecule has 148 valence electrons. The van der Waals surface area contributed by atoms with Crippen molar-refractivity contribution in [1.29, 1.82) is 0 Å². The van der Waals surface area contributed by atoms with Crippen molar-refractivity contribution in [2.45, 2.75) is 39.2 Å². The highest BCUT2D eigenvalue weighted by Gasteiger charge is 2.33. The maximum Gasteiger partial charge on any atom is 0.309 e. The van der Waals surface area contributed by atoms with Gasteiger partial charge in [-0.05, 0) is 56.8 Å². The fraction of sp³-hybridized carbons (Fsp3) is 0.619. The number of halogens is 1. The third-order valence-corrected chi connectivity index (χ3v) is 5.81. The molecule has 6 heteroatoms. The zero-order chi connectivity index (χ0) is 19.2. The van der Waals surface area contributed by atoms with Crippen LogP contribution in [0, 0.1) is 11.8 Å². The molecule has 1 unspecified atom stereocenters. The third kappa shape index (κ3) is 5.45. The number of hydrogen-bond acceptors (Lipinski definition) is 4. The summed E-state index contributed by atoms with van der Waals surface area (Å²) in [6.45, 7) is 6.21. The molecule has 2 heterocycles. The topological polar surface area (TPSA) is 49.9 Å². The number of amides is 1. The second kappa shape index (κ2) is 9.56. The molecule has 1 amide bonds. The highest BCUT2D eigenvalue weighted by Crippen LogP contribution is 2.25. The number of piperidine rings is 2. The largest absolute Gasteiger partial charge is 0.466 e. The number of carbonyl (C=O) groups excluding carboxylic acids is 2. The van der Waals surface area contributed by atoms with E-state index in [-0.39, 0.29) is 23.7 Å². The molecule has 27 heavy (non-hydrogen) atoms. The molecule has 0 bridgehead atoms. The molecule has 0 aromatic heterocycles. The second-order valence-electron chi connectivity index (χ2n) is 7.56. The minimum atomic E-state index is -0.116. The van der Waals surface area contributed by atoms with Gasteiger partial charge in [-0.15, -0.1) is 0 Å². The summed E-state index contributed by atoms with van der Waals surface area (Å²) >= 11 is 6.08. The van der Waals surface area contributed by atoms with E-state index in [1.807, 2.05) is 30.0 Å². The van der Waals surface area contributed by atoms with E-state index in [2.05, 4.69) is 11.0 Å². The van der Waals surface area contributed by atoms with Crippen molar-refractivity contribution in [3.63, 3.8) is 0 Å². The van der Waals surface area contributed by atoms with E-state index in [1.54, 1.807) is 0 Å². The van der Waals surface area contributed by atoms with Crippen LogP contribution in [-0.2, 0) is 20.9 Å². The van der Waals surface area contributed by atoms with Gasteiger partial charge < -0.3 is 9.64 Å². The van der Waals surface area contributed by atoms with Gasteiger partial charge >= 0.3 is 5.97 Å². The van der Waals surface area contributed by atoms with Gasteiger partial charge in [0.05, 0.1) is 18.4 Å². The first-order valence-corrected chi connectivity index (χ1v) is 10.4. The van der Waals surface area contributed by atoms with E-state index in [1.165, 1.54) is 5.56 Å². The monoisotopic (exact) mass is 392 g/mol. The molecule has 2 fully saturated rings. The molecule has 2 aliphatic rings. The molecule has 0 saturated carbocycles. The van der Waals surface area contributed by atoms with Gasteiger partial charge in [0.15, 0.2) is 0 Å². The molecule has 0 N–H and O–H groups in total. The summed E-state index contributed by atoms with van der Waals surface area (Å²) in [7, 11) is 0. The van der Waals surface area contributed by atoms with Crippen LogP contribution in [0.5, 0.6) is 0 Å². The third-order valence-electron chi connectivity index (χ3n) is 5.58. The summed E-state index contributed by atoms with van der Waals surface area (Å²) < 4.78 is 5.11. The predicted molar refractivity (Wildman–Crippen MR) is 105 cm³/mol. The zero-order valence-electron chi connectivity index (χ0n) is 16.0. The summed E-state index contributed by atoms with van der Waals surface area (Å²) in [6, 6.07) is 7.93. The van der Waals surface area contributed by atoms with Crippen LogP contribution in [0.25, 0.3) is 0 Å². The number of likely N-dealkylation sites (tertiary alicyclic amines) is 2. The number of esters is 1. The second-order valence-corrected chi connectivity index (χ2v) is 7.99. The van der Waals surface area contributed by atoms with Crippen LogP contribution in [-0.4, -0.2) is 54.5 Å². The van der Waals surface area contributed by atoms with Gasteiger partial charge in [-0.25, -0.2) is 0 Å². The van der Waals surface area contributed by atoms with Crippen LogP contribution in [0.4, 0.5) is 0 Å². The van der Waals surface area contributed by atoms with E-state index < -0.39 is 0 Å². The number of nitrogens with zero attached hydrogens (tertiary/aromatic N) is 2. The maximum atomic E-state index is 13.0. The van der Waals surface area contributed by atoms with E-state index >= 15 is 0 Å². The SMILES string of the molecule is CCOC(=O)C1CCN(C(=O)C2CCCN(Cc3cccc(Cl)c3)C2)CC1. The fourth-order valence-electron chi connectivity index (χ4n) is 4.15. The number of hydrogen-bond donors (Lipinski definition) is 0. The predicted octanol–water partition coefficient (Wildman–Crippen LogP) is 3.35.